The fraction of sp³-hybridized carbons (Fsp3) is 0.231. The molecule has 0 saturated carbocycles. The van der Waals surface area contributed by atoms with Gasteiger partial charge in [-0.05, 0) is 49.4 Å². The molecular formula is C26H25N5O3S. The Morgan fingerprint density at radius 3 is 2.63 bits per heavy atom. The number of hydrogen-bond donors (Lipinski definition) is 1. The van der Waals surface area contributed by atoms with Crippen molar-refractivity contribution in [3.8, 4) is 11.5 Å². The van der Waals surface area contributed by atoms with Crippen LogP contribution in [0.25, 0.3) is 17.0 Å². The van der Waals surface area contributed by atoms with E-state index in [0.717, 1.165) is 33.6 Å². The van der Waals surface area contributed by atoms with Gasteiger partial charge in [0.15, 0.2) is 17.3 Å². The highest BCUT2D eigenvalue weighted by atomic mass is 32.2. The summed E-state index contributed by atoms with van der Waals surface area (Å²) in [5.74, 6) is 1.01. The monoisotopic (exact) mass is 487 g/mol. The third kappa shape index (κ3) is 4.12. The molecule has 0 unspecified atom stereocenters. The number of ether oxygens (including phenoxy) is 2. The van der Waals surface area contributed by atoms with Gasteiger partial charge in [0.25, 0.3) is 5.91 Å². The summed E-state index contributed by atoms with van der Waals surface area (Å²) in [4.78, 5) is 17.1. The van der Waals surface area contributed by atoms with Crippen LogP contribution in [0.1, 0.15) is 24.6 Å². The number of carbonyl (C=O) groups excluding carboxylic acids is 1. The Morgan fingerprint density at radius 2 is 1.86 bits per heavy atom. The van der Waals surface area contributed by atoms with Crippen molar-refractivity contribution in [2.45, 2.75) is 26.8 Å². The Balaban J connectivity index is 1.48. The number of hydrogen-bond acceptors (Lipinski definition) is 6. The number of para-hydroxylation sites is 3. The molecule has 5 rings (SSSR count). The molecule has 0 spiro atoms. The van der Waals surface area contributed by atoms with Crippen molar-refractivity contribution >= 4 is 50.7 Å². The molecular weight excluding hydrogens is 462 g/mol. The second kappa shape index (κ2) is 9.42. The van der Waals surface area contributed by atoms with Gasteiger partial charge in [-0.3, -0.25) is 10.2 Å². The highest BCUT2D eigenvalue weighted by molar-refractivity contribution is 8.26. The van der Waals surface area contributed by atoms with Crippen molar-refractivity contribution in [3.63, 3.8) is 0 Å². The lowest BCUT2D eigenvalue weighted by Gasteiger charge is -2.20. The highest BCUT2D eigenvalue weighted by Crippen LogP contribution is 2.33. The van der Waals surface area contributed by atoms with Crippen molar-refractivity contribution in [2.75, 3.05) is 13.7 Å². The Morgan fingerprint density at radius 1 is 1.11 bits per heavy atom. The Hall–Kier alpha value is -3.85. The van der Waals surface area contributed by atoms with Crippen molar-refractivity contribution in [1.29, 1.82) is 5.41 Å². The number of carbonyl (C=O) groups is 1. The molecule has 0 radical (unpaired) electrons. The van der Waals surface area contributed by atoms with Crippen LogP contribution < -0.4 is 9.47 Å². The number of rotatable bonds is 7. The van der Waals surface area contributed by atoms with Gasteiger partial charge in [-0.15, -0.1) is 0 Å². The van der Waals surface area contributed by atoms with Crippen molar-refractivity contribution in [3.05, 3.63) is 65.4 Å². The van der Waals surface area contributed by atoms with Crippen LogP contribution in [0.2, 0.25) is 0 Å². The second-order valence-corrected chi connectivity index (χ2v) is 9.08. The van der Waals surface area contributed by atoms with Crippen LogP contribution in [0.15, 0.2) is 64.2 Å². The SMILES string of the molecule is CCC1=NN2C(=N)C(=Cc3c(C)n(CCOc4ccccc4OC)c4ccccc34)C(=O)N=C2S1. The lowest BCUT2D eigenvalue weighted by molar-refractivity contribution is -0.114. The Kier molecular flexibility index (Phi) is 6.17. The molecule has 2 aromatic carbocycles. The molecule has 178 valence electrons. The van der Waals surface area contributed by atoms with Crippen LogP contribution in [0, 0.1) is 12.3 Å². The summed E-state index contributed by atoms with van der Waals surface area (Å²) in [6.45, 7) is 5.05. The van der Waals surface area contributed by atoms with Gasteiger partial charge in [-0.25, -0.2) is 0 Å². The fourth-order valence-electron chi connectivity index (χ4n) is 4.23. The van der Waals surface area contributed by atoms with Crippen LogP contribution in [0.5, 0.6) is 11.5 Å². The van der Waals surface area contributed by atoms with Crippen molar-refractivity contribution < 1.29 is 14.3 Å². The molecule has 0 fully saturated rings. The number of fused-ring (bicyclic) bond motifs is 2. The van der Waals surface area contributed by atoms with E-state index in [2.05, 4.69) is 14.7 Å². The first-order chi connectivity index (χ1) is 17.0. The van der Waals surface area contributed by atoms with Crippen LogP contribution in [0.3, 0.4) is 0 Å². The molecule has 0 bridgehead atoms. The minimum Gasteiger partial charge on any atom is -0.493 e. The highest BCUT2D eigenvalue weighted by Gasteiger charge is 2.35. The Bertz CT molecular complexity index is 1440. The zero-order valence-corrected chi connectivity index (χ0v) is 20.6. The van der Waals surface area contributed by atoms with Crippen molar-refractivity contribution in [1.82, 2.24) is 9.58 Å². The van der Waals surface area contributed by atoms with Gasteiger partial charge in [0.2, 0.25) is 5.17 Å². The summed E-state index contributed by atoms with van der Waals surface area (Å²) in [5, 5.41) is 16.8. The lowest BCUT2D eigenvalue weighted by Crippen LogP contribution is -2.35. The maximum atomic E-state index is 12.9. The van der Waals surface area contributed by atoms with E-state index < -0.39 is 5.91 Å². The molecule has 1 N–H and O–H groups in total. The summed E-state index contributed by atoms with van der Waals surface area (Å²) < 4.78 is 13.6. The van der Waals surface area contributed by atoms with E-state index in [4.69, 9.17) is 14.9 Å². The molecule has 35 heavy (non-hydrogen) atoms. The van der Waals surface area contributed by atoms with Gasteiger partial charge >= 0.3 is 0 Å². The second-order valence-electron chi connectivity index (χ2n) is 8.03. The maximum Gasteiger partial charge on any atom is 0.283 e. The summed E-state index contributed by atoms with van der Waals surface area (Å²) in [6, 6.07) is 15.6. The number of hydrazone groups is 1. The molecule has 1 aromatic heterocycles. The zero-order chi connectivity index (χ0) is 24.5. The number of nitrogens with zero attached hydrogens (tertiary/aromatic N) is 4. The minimum atomic E-state index is -0.419. The zero-order valence-electron chi connectivity index (χ0n) is 19.7. The number of methoxy groups -OCH3 is 1. The van der Waals surface area contributed by atoms with Crippen LogP contribution in [0.4, 0.5) is 0 Å². The van der Waals surface area contributed by atoms with Crippen LogP contribution in [-0.4, -0.2) is 45.2 Å². The average Bonchev–Trinajstić information content (AvgIpc) is 3.41. The molecule has 3 aromatic rings. The predicted molar refractivity (Wildman–Crippen MR) is 140 cm³/mol. The van der Waals surface area contributed by atoms with E-state index in [-0.39, 0.29) is 11.4 Å². The van der Waals surface area contributed by atoms with Crippen molar-refractivity contribution in [2.24, 2.45) is 10.1 Å². The summed E-state index contributed by atoms with van der Waals surface area (Å²) >= 11 is 1.34. The van der Waals surface area contributed by atoms with E-state index in [1.54, 1.807) is 13.2 Å². The van der Waals surface area contributed by atoms with E-state index in [0.29, 0.717) is 29.8 Å². The number of benzene rings is 2. The maximum absolute atomic E-state index is 12.9. The summed E-state index contributed by atoms with van der Waals surface area (Å²) in [6.07, 6.45) is 2.49. The predicted octanol–water partition coefficient (Wildman–Crippen LogP) is 5.07. The molecule has 9 heteroatoms. The number of aromatic nitrogens is 1. The average molecular weight is 488 g/mol. The molecule has 0 saturated heterocycles. The topological polar surface area (TPSA) is 92.3 Å². The Labute approximate surface area is 207 Å². The normalized spacial score (nSPS) is 16.5. The third-order valence-electron chi connectivity index (χ3n) is 6.01. The van der Waals surface area contributed by atoms with Gasteiger partial charge in [0, 0.05) is 22.2 Å². The number of nitrogens with one attached hydrogen (secondary N) is 1. The third-order valence-corrected chi connectivity index (χ3v) is 7.06. The van der Waals surface area contributed by atoms with E-state index in [1.807, 2.05) is 62.4 Å². The minimum absolute atomic E-state index is 0.0479. The van der Waals surface area contributed by atoms with E-state index in [1.165, 1.54) is 16.8 Å². The van der Waals surface area contributed by atoms with E-state index >= 15 is 0 Å². The number of aliphatic imine (C=N–C) groups is 1. The van der Waals surface area contributed by atoms with Gasteiger partial charge in [-0.2, -0.15) is 15.1 Å². The van der Waals surface area contributed by atoms with Gasteiger partial charge in [0.05, 0.1) is 19.2 Å². The number of amidine groups is 2. The van der Waals surface area contributed by atoms with Gasteiger partial charge in [-0.1, -0.05) is 37.3 Å². The van der Waals surface area contributed by atoms with Crippen LogP contribution >= 0.6 is 11.8 Å². The smallest absolute Gasteiger partial charge is 0.283 e. The number of thioether (sulfide) groups is 1. The number of amides is 1. The molecule has 8 nitrogen and oxygen atoms in total. The first-order valence-electron chi connectivity index (χ1n) is 11.3. The standard InChI is InChI=1S/C26H25N5O3S/c1-4-23-29-31-24(27)19(25(32)28-26(31)35-23)15-18-16(2)30(20-10-6-5-9-17(18)20)13-14-34-22-12-8-7-11-21(22)33-3/h5-12,15,27H,4,13-14H2,1-3H3. The van der Waals surface area contributed by atoms with E-state index in [9.17, 15) is 4.79 Å². The first-order valence-corrected chi connectivity index (χ1v) is 12.2. The first kappa shape index (κ1) is 22.9. The fourth-order valence-corrected chi connectivity index (χ4v) is 5.06. The van der Waals surface area contributed by atoms with Crippen LogP contribution in [-0.2, 0) is 11.3 Å². The quantitative estimate of drug-likeness (QED) is 0.470. The summed E-state index contributed by atoms with van der Waals surface area (Å²) in [7, 11) is 1.62. The van der Waals surface area contributed by atoms with Gasteiger partial charge in [0.1, 0.15) is 11.7 Å². The largest absolute Gasteiger partial charge is 0.493 e. The lowest BCUT2D eigenvalue weighted by atomic mass is 10.1. The van der Waals surface area contributed by atoms with Gasteiger partial charge < -0.3 is 14.0 Å². The summed E-state index contributed by atoms with van der Waals surface area (Å²) in [5.41, 5.74) is 3.12. The molecule has 1 amide bonds. The molecule has 3 heterocycles. The molecule has 0 aliphatic carbocycles. The molecule has 2 aliphatic rings. The molecule has 2 aliphatic heterocycles. The molecule has 0 atom stereocenters.